The molecule has 0 saturated heterocycles. The lowest BCUT2D eigenvalue weighted by molar-refractivity contribution is -0.137. The SMILES string of the molecule is CCCC(C)C(CNC)c1cccc(C(F)(F)F)c1. The second-order valence-corrected chi connectivity index (χ2v) is 5.05. The highest BCUT2D eigenvalue weighted by atomic mass is 19.4. The van der Waals surface area contributed by atoms with E-state index in [2.05, 4.69) is 19.2 Å². The number of rotatable bonds is 6. The Morgan fingerprint density at radius 3 is 2.47 bits per heavy atom. The molecule has 1 N–H and O–H groups in total. The first-order valence-corrected chi connectivity index (χ1v) is 6.71. The predicted octanol–water partition coefficient (Wildman–Crippen LogP) is 4.44. The molecule has 108 valence electrons. The second-order valence-electron chi connectivity index (χ2n) is 5.05. The molecule has 0 aliphatic carbocycles. The Bertz CT molecular complexity index is 387. The molecule has 0 aliphatic heterocycles. The van der Waals surface area contributed by atoms with E-state index in [4.69, 9.17) is 0 Å². The fourth-order valence-electron chi connectivity index (χ4n) is 2.47. The minimum Gasteiger partial charge on any atom is -0.319 e. The Morgan fingerprint density at radius 2 is 1.95 bits per heavy atom. The third kappa shape index (κ3) is 4.53. The van der Waals surface area contributed by atoms with Crippen LogP contribution in [0.4, 0.5) is 13.2 Å². The monoisotopic (exact) mass is 273 g/mol. The van der Waals surface area contributed by atoms with Crippen LogP contribution in [0.25, 0.3) is 0 Å². The van der Waals surface area contributed by atoms with E-state index >= 15 is 0 Å². The molecule has 0 saturated carbocycles. The van der Waals surface area contributed by atoms with E-state index in [9.17, 15) is 13.2 Å². The molecule has 2 unspecified atom stereocenters. The van der Waals surface area contributed by atoms with Crippen LogP contribution in [-0.2, 0) is 6.18 Å². The average molecular weight is 273 g/mol. The Kier molecular flexibility index (Phi) is 5.85. The van der Waals surface area contributed by atoms with Gasteiger partial charge in [-0.1, -0.05) is 44.9 Å². The van der Waals surface area contributed by atoms with E-state index in [-0.39, 0.29) is 5.92 Å². The van der Waals surface area contributed by atoms with Crippen LogP contribution >= 0.6 is 0 Å². The number of alkyl halides is 3. The molecule has 0 radical (unpaired) electrons. The topological polar surface area (TPSA) is 12.0 Å². The molecule has 1 aromatic rings. The molecule has 1 nitrogen and oxygen atoms in total. The average Bonchev–Trinajstić information content (AvgIpc) is 2.35. The fourth-order valence-corrected chi connectivity index (χ4v) is 2.47. The molecule has 4 heteroatoms. The van der Waals surface area contributed by atoms with Crippen molar-refractivity contribution >= 4 is 0 Å². The van der Waals surface area contributed by atoms with Crippen LogP contribution < -0.4 is 5.32 Å². The van der Waals surface area contributed by atoms with Crippen molar-refractivity contribution in [1.29, 1.82) is 0 Å². The van der Waals surface area contributed by atoms with E-state index in [0.29, 0.717) is 12.5 Å². The van der Waals surface area contributed by atoms with Crippen molar-refractivity contribution in [1.82, 2.24) is 5.32 Å². The third-order valence-corrected chi connectivity index (χ3v) is 3.50. The molecule has 1 aromatic carbocycles. The quantitative estimate of drug-likeness (QED) is 0.807. The van der Waals surface area contributed by atoms with Crippen LogP contribution in [0.15, 0.2) is 24.3 Å². The van der Waals surface area contributed by atoms with Crippen molar-refractivity contribution < 1.29 is 13.2 Å². The van der Waals surface area contributed by atoms with Gasteiger partial charge in [0.2, 0.25) is 0 Å². The van der Waals surface area contributed by atoms with Gasteiger partial charge in [0.05, 0.1) is 5.56 Å². The Labute approximate surface area is 113 Å². The summed E-state index contributed by atoms with van der Waals surface area (Å²) in [4.78, 5) is 0. The summed E-state index contributed by atoms with van der Waals surface area (Å²) in [5.74, 6) is 0.480. The van der Waals surface area contributed by atoms with Gasteiger partial charge in [0.15, 0.2) is 0 Å². The molecule has 1 rings (SSSR count). The number of hydrogen-bond acceptors (Lipinski definition) is 1. The Morgan fingerprint density at radius 1 is 1.26 bits per heavy atom. The minimum atomic E-state index is -4.27. The predicted molar refractivity (Wildman–Crippen MR) is 72.2 cm³/mol. The van der Waals surface area contributed by atoms with Crippen molar-refractivity contribution in [3.8, 4) is 0 Å². The summed E-state index contributed by atoms with van der Waals surface area (Å²) in [5.41, 5.74) is 0.208. The first-order chi connectivity index (χ1) is 8.90. The van der Waals surface area contributed by atoms with E-state index in [1.165, 1.54) is 12.1 Å². The normalized spacial score (nSPS) is 15.3. The summed E-state index contributed by atoms with van der Waals surface area (Å²) in [5, 5.41) is 3.08. The molecule has 2 atom stereocenters. The summed E-state index contributed by atoms with van der Waals surface area (Å²) in [6, 6.07) is 5.71. The van der Waals surface area contributed by atoms with Crippen LogP contribution in [0.5, 0.6) is 0 Å². The van der Waals surface area contributed by atoms with Gasteiger partial charge >= 0.3 is 6.18 Å². The summed E-state index contributed by atoms with van der Waals surface area (Å²) >= 11 is 0. The minimum absolute atomic E-state index is 0.118. The number of nitrogens with one attached hydrogen (secondary N) is 1. The van der Waals surface area contributed by atoms with Crippen molar-refractivity contribution in [2.24, 2.45) is 5.92 Å². The zero-order valence-electron chi connectivity index (χ0n) is 11.7. The van der Waals surface area contributed by atoms with Crippen LogP contribution in [0.2, 0.25) is 0 Å². The molecule has 0 aromatic heterocycles. The number of hydrogen-bond donors (Lipinski definition) is 1. The Balaban J connectivity index is 3.02. The van der Waals surface area contributed by atoms with Crippen LogP contribution in [0, 0.1) is 5.92 Å². The molecule has 19 heavy (non-hydrogen) atoms. The van der Waals surface area contributed by atoms with Gasteiger partial charge in [-0.2, -0.15) is 13.2 Å². The molecule has 0 spiro atoms. The maximum absolute atomic E-state index is 12.8. The van der Waals surface area contributed by atoms with Crippen LogP contribution in [-0.4, -0.2) is 13.6 Å². The summed E-state index contributed by atoms with van der Waals surface area (Å²) in [7, 11) is 1.83. The van der Waals surface area contributed by atoms with E-state index < -0.39 is 11.7 Å². The smallest absolute Gasteiger partial charge is 0.319 e. The van der Waals surface area contributed by atoms with Crippen LogP contribution in [0.1, 0.15) is 43.7 Å². The number of likely N-dealkylation sites (N-methyl/N-ethyl adjacent to an activating group) is 1. The van der Waals surface area contributed by atoms with E-state index in [1.54, 1.807) is 6.07 Å². The zero-order chi connectivity index (χ0) is 14.5. The van der Waals surface area contributed by atoms with E-state index in [0.717, 1.165) is 24.5 Å². The highest BCUT2D eigenvalue weighted by Gasteiger charge is 2.31. The summed E-state index contributed by atoms with van der Waals surface area (Å²) < 4.78 is 38.3. The molecule has 0 heterocycles. The second kappa shape index (κ2) is 6.94. The molecular weight excluding hydrogens is 251 g/mol. The number of benzene rings is 1. The van der Waals surface area contributed by atoms with E-state index in [1.807, 2.05) is 7.05 Å². The lowest BCUT2D eigenvalue weighted by Gasteiger charge is -2.24. The zero-order valence-corrected chi connectivity index (χ0v) is 11.7. The highest BCUT2D eigenvalue weighted by molar-refractivity contribution is 5.29. The fraction of sp³-hybridized carbons (Fsp3) is 0.600. The van der Waals surface area contributed by atoms with Gasteiger partial charge in [-0.15, -0.1) is 0 Å². The molecular formula is C15H22F3N. The summed E-state index contributed by atoms with van der Waals surface area (Å²) in [6.07, 6.45) is -2.21. The standard InChI is InChI=1S/C15H22F3N/c1-4-6-11(2)14(10-19-3)12-7-5-8-13(9-12)15(16,17)18/h5,7-9,11,14,19H,4,6,10H2,1-3H3. The molecule has 0 fully saturated rings. The van der Waals surface area contributed by atoms with Crippen LogP contribution in [0.3, 0.4) is 0 Å². The summed E-state index contributed by atoms with van der Waals surface area (Å²) in [6.45, 7) is 4.90. The lowest BCUT2D eigenvalue weighted by atomic mass is 9.84. The van der Waals surface area contributed by atoms with Gasteiger partial charge in [-0.05, 0) is 30.5 Å². The maximum atomic E-state index is 12.8. The first kappa shape index (κ1) is 16.0. The van der Waals surface area contributed by atoms with Gasteiger partial charge in [-0.3, -0.25) is 0 Å². The van der Waals surface area contributed by atoms with Gasteiger partial charge in [0.25, 0.3) is 0 Å². The highest BCUT2D eigenvalue weighted by Crippen LogP contribution is 2.33. The largest absolute Gasteiger partial charge is 0.416 e. The third-order valence-electron chi connectivity index (χ3n) is 3.50. The van der Waals surface area contributed by atoms with Gasteiger partial charge < -0.3 is 5.32 Å². The first-order valence-electron chi connectivity index (χ1n) is 6.71. The van der Waals surface area contributed by atoms with Crippen molar-refractivity contribution in [3.05, 3.63) is 35.4 Å². The number of halogens is 3. The maximum Gasteiger partial charge on any atom is 0.416 e. The Hall–Kier alpha value is -1.03. The lowest BCUT2D eigenvalue weighted by Crippen LogP contribution is -2.23. The van der Waals surface area contributed by atoms with Gasteiger partial charge in [0.1, 0.15) is 0 Å². The molecule has 0 bridgehead atoms. The van der Waals surface area contributed by atoms with Gasteiger partial charge in [-0.25, -0.2) is 0 Å². The van der Waals surface area contributed by atoms with Crippen molar-refractivity contribution in [3.63, 3.8) is 0 Å². The molecule has 0 amide bonds. The van der Waals surface area contributed by atoms with Gasteiger partial charge in [0, 0.05) is 6.54 Å². The van der Waals surface area contributed by atoms with Crippen molar-refractivity contribution in [2.75, 3.05) is 13.6 Å². The molecule has 0 aliphatic rings. The van der Waals surface area contributed by atoms with Crippen molar-refractivity contribution in [2.45, 2.75) is 38.8 Å².